The van der Waals surface area contributed by atoms with Crippen molar-refractivity contribution in [2.45, 2.75) is 12.5 Å². The molecule has 1 saturated heterocycles. The number of nitrogens with zero attached hydrogens (tertiary/aromatic N) is 3. The van der Waals surface area contributed by atoms with Crippen LogP contribution in [0.25, 0.3) is 0 Å². The third-order valence-electron chi connectivity index (χ3n) is 6.92. The molecule has 0 bridgehead atoms. The third-order valence-corrected chi connectivity index (χ3v) is 7.17. The molecule has 1 fully saturated rings. The smallest absolute Gasteiger partial charge is 0.338 e. The number of primary amides is 2. The summed E-state index contributed by atoms with van der Waals surface area (Å²) in [6.45, 7) is 4.67. The number of piperazine rings is 1. The van der Waals surface area contributed by atoms with Gasteiger partial charge in [0.05, 0.1) is 18.2 Å². The van der Waals surface area contributed by atoms with E-state index < -0.39 is 11.9 Å². The number of ether oxygens (including phenoxy) is 1. The molecule has 9 nitrogen and oxygen atoms in total. The van der Waals surface area contributed by atoms with Crippen molar-refractivity contribution < 1.29 is 19.5 Å². The highest BCUT2D eigenvalue weighted by molar-refractivity contribution is 6.30. The Kier molecular flexibility index (Phi) is 14.6. The quantitative estimate of drug-likeness (QED) is 0.168. The molecule has 1 aliphatic rings. The first-order valence-electron chi connectivity index (χ1n) is 13.4. The van der Waals surface area contributed by atoms with Crippen LogP contribution in [0.3, 0.4) is 0 Å². The Morgan fingerprint density at radius 3 is 2.23 bits per heavy atom. The van der Waals surface area contributed by atoms with E-state index in [9.17, 15) is 14.8 Å². The number of hydrogen-bond donors (Lipinski definition) is 3. The van der Waals surface area contributed by atoms with Gasteiger partial charge in [-0.1, -0.05) is 65.9 Å². The molecule has 1 aliphatic heterocycles. The predicted molar refractivity (Wildman–Crippen MR) is 172 cm³/mol. The average Bonchev–Trinajstić information content (AvgIpc) is 2.98. The van der Waals surface area contributed by atoms with E-state index >= 15 is 0 Å². The van der Waals surface area contributed by atoms with Crippen LogP contribution in [0.4, 0.5) is 4.79 Å². The van der Waals surface area contributed by atoms with E-state index in [1.54, 1.807) is 18.2 Å². The summed E-state index contributed by atoms with van der Waals surface area (Å²) in [6, 6.07) is 22.8. The molecule has 5 N–H and O–H groups in total. The molecule has 3 amide bonds. The fourth-order valence-corrected chi connectivity index (χ4v) is 4.91. The number of urea groups is 1. The molecule has 0 saturated carbocycles. The standard InChI is InChI=1S/C31H34ClN5O4.2ClH/c32-26-12-10-25(11-13-26)29(24-7-2-1-3-8-24)36-18-16-35(17-19-36)20-21-41-28-14-9-23(22-27(28)30(33)38)6-4-5-15-37(40)31(34)39;;/h1-3,7-14,22,29,40H,5,15-21H2,(H2,33,38)(H2,34,39);2*1H/t29-;;/m1../s1. The van der Waals surface area contributed by atoms with Crippen LogP contribution in [0.15, 0.2) is 72.8 Å². The number of carbonyl (C=O) groups excluding carboxylic acids is 2. The molecule has 1 heterocycles. The van der Waals surface area contributed by atoms with E-state index in [1.807, 2.05) is 18.2 Å². The summed E-state index contributed by atoms with van der Waals surface area (Å²) < 4.78 is 5.96. The molecule has 0 aliphatic carbocycles. The van der Waals surface area contributed by atoms with Crippen LogP contribution in [0.1, 0.15) is 39.5 Å². The summed E-state index contributed by atoms with van der Waals surface area (Å²) >= 11 is 6.15. The minimum Gasteiger partial charge on any atom is -0.491 e. The summed E-state index contributed by atoms with van der Waals surface area (Å²) in [5.41, 5.74) is 13.8. The van der Waals surface area contributed by atoms with Gasteiger partial charge >= 0.3 is 6.03 Å². The number of rotatable bonds is 10. The summed E-state index contributed by atoms with van der Waals surface area (Å²) in [7, 11) is 0. The third kappa shape index (κ3) is 10.3. The van der Waals surface area contributed by atoms with Crippen molar-refractivity contribution in [1.82, 2.24) is 14.9 Å². The van der Waals surface area contributed by atoms with Gasteiger partial charge in [-0.2, -0.15) is 0 Å². The molecule has 43 heavy (non-hydrogen) atoms. The Balaban J connectivity index is 0.00000323. The van der Waals surface area contributed by atoms with E-state index in [2.05, 4.69) is 58.0 Å². The Labute approximate surface area is 269 Å². The Morgan fingerprint density at radius 2 is 1.60 bits per heavy atom. The van der Waals surface area contributed by atoms with Crippen LogP contribution in [-0.4, -0.2) is 77.9 Å². The molecule has 12 heteroatoms. The Hall–Kier alpha value is -3.49. The van der Waals surface area contributed by atoms with Crippen molar-refractivity contribution in [2.24, 2.45) is 11.5 Å². The zero-order valence-electron chi connectivity index (χ0n) is 23.5. The molecule has 0 radical (unpaired) electrons. The molecule has 230 valence electrons. The van der Waals surface area contributed by atoms with Gasteiger partial charge in [0, 0.05) is 49.7 Å². The van der Waals surface area contributed by atoms with Gasteiger partial charge in [0.2, 0.25) is 0 Å². The van der Waals surface area contributed by atoms with Crippen molar-refractivity contribution >= 4 is 48.4 Å². The van der Waals surface area contributed by atoms with E-state index in [0.29, 0.717) is 29.5 Å². The zero-order valence-corrected chi connectivity index (χ0v) is 25.9. The van der Waals surface area contributed by atoms with Crippen molar-refractivity contribution in [3.05, 3.63) is 100 Å². The van der Waals surface area contributed by atoms with E-state index in [1.165, 1.54) is 11.1 Å². The van der Waals surface area contributed by atoms with Gasteiger partial charge in [-0.3, -0.25) is 19.8 Å². The van der Waals surface area contributed by atoms with Gasteiger partial charge in [-0.05, 0) is 41.5 Å². The van der Waals surface area contributed by atoms with Gasteiger partial charge < -0.3 is 16.2 Å². The second kappa shape index (κ2) is 17.6. The largest absolute Gasteiger partial charge is 0.491 e. The van der Waals surface area contributed by atoms with E-state index in [0.717, 1.165) is 31.2 Å². The summed E-state index contributed by atoms with van der Waals surface area (Å²) in [6.07, 6.45) is 0.211. The number of hydrogen-bond acceptors (Lipinski definition) is 6. The van der Waals surface area contributed by atoms with Crippen LogP contribution in [0, 0.1) is 11.8 Å². The lowest BCUT2D eigenvalue weighted by Gasteiger charge is -2.39. The van der Waals surface area contributed by atoms with Gasteiger partial charge in [-0.25, -0.2) is 9.86 Å². The fourth-order valence-electron chi connectivity index (χ4n) is 4.79. The molecule has 4 rings (SSSR count). The van der Waals surface area contributed by atoms with Crippen LogP contribution in [-0.2, 0) is 0 Å². The van der Waals surface area contributed by atoms with Gasteiger partial charge in [0.1, 0.15) is 12.4 Å². The lowest BCUT2D eigenvalue weighted by atomic mass is 9.96. The van der Waals surface area contributed by atoms with E-state index in [-0.39, 0.29) is 49.4 Å². The van der Waals surface area contributed by atoms with Crippen LogP contribution >= 0.6 is 36.4 Å². The second-order valence-corrected chi connectivity index (χ2v) is 10.1. The molecular weight excluding hydrogens is 613 g/mol. The van der Waals surface area contributed by atoms with Crippen molar-refractivity contribution in [1.29, 1.82) is 0 Å². The summed E-state index contributed by atoms with van der Waals surface area (Å²) in [4.78, 5) is 27.7. The summed E-state index contributed by atoms with van der Waals surface area (Å²) in [5, 5.41) is 10.4. The van der Waals surface area contributed by atoms with Crippen LogP contribution in [0.5, 0.6) is 5.75 Å². The van der Waals surface area contributed by atoms with E-state index in [4.69, 9.17) is 27.8 Å². The highest BCUT2D eigenvalue weighted by atomic mass is 35.5. The maximum atomic E-state index is 12.1. The van der Waals surface area contributed by atoms with Crippen LogP contribution < -0.4 is 16.2 Å². The molecule has 3 aromatic carbocycles. The summed E-state index contributed by atoms with van der Waals surface area (Å²) in [5.74, 6) is 5.51. The zero-order chi connectivity index (χ0) is 29.2. The molecule has 0 spiro atoms. The van der Waals surface area contributed by atoms with Crippen molar-refractivity contribution in [3.8, 4) is 17.6 Å². The van der Waals surface area contributed by atoms with Gasteiger partial charge in [0.25, 0.3) is 5.91 Å². The maximum absolute atomic E-state index is 12.1. The van der Waals surface area contributed by atoms with Gasteiger partial charge in [-0.15, -0.1) is 24.8 Å². The fraction of sp³-hybridized carbons (Fsp3) is 0.290. The molecule has 1 atom stereocenters. The number of hydroxylamine groups is 2. The number of benzene rings is 3. The number of carbonyl (C=O) groups is 2. The van der Waals surface area contributed by atoms with Crippen molar-refractivity contribution in [3.63, 3.8) is 0 Å². The first-order valence-corrected chi connectivity index (χ1v) is 13.8. The SMILES string of the molecule is Cl.Cl.NC(=O)c1cc(C#CCCN(O)C(N)=O)ccc1OCCN1CCN([C@H](c2ccccc2)c2ccc(Cl)cc2)CC1. The number of amides is 3. The topological polar surface area (TPSA) is 125 Å². The number of nitrogens with two attached hydrogens (primary N) is 2. The number of halogens is 3. The first kappa shape index (κ1) is 35.7. The minimum atomic E-state index is -0.944. The molecule has 3 aromatic rings. The minimum absolute atomic E-state index is 0. The predicted octanol–water partition coefficient (Wildman–Crippen LogP) is 4.58. The Morgan fingerprint density at radius 1 is 0.953 bits per heavy atom. The molecule has 0 unspecified atom stereocenters. The normalized spacial score (nSPS) is 13.8. The lowest BCUT2D eigenvalue weighted by Crippen LogP contribution is -2.48. The average molecular weight is 649 g/mol. The van der Waals surface area contributed by atoms with Crippen LogP contribution in [0.2, 0.25) is 5.02 Å². The highest BCUT2D eigenvalue weighted by Crippen LogP contribution is 2.30. The maximum Gasteiger partial charge on any atom is 0.338 e. The van der Waals surface area contributed by atoms with Gasteiger partial charge in [0.15, 0.2) is 0 Å². The van der Waals surface area contributed by atoms with Crippen molar-refractivity contribution in [2.75, 3.05) is 45.9 Å². The highest BCUT2D eigenvalue weighted by Gasteiger charge is 2.26. The molecule has 0 aromatic heterocycles. The first-order chi connectivity index (χ1) is 19.8. The molecular formula is C31H36Cl3N5O4. The lowest BCUT2D eigenvalue weighted by molar-refractivity contribution is -0.0372. The Bertz CT molecular complexity index is 1390. The monoisotopic (exact) mass is 647 g/mol. The second-order valence-electron chi connectivity index (χ2n) is 9.68.